The Morgan fingerprint density at radius 3 is 0.964 bits per heavy atom. The van der Waals surface area contributed by atoms with E-state index in [1.165, 1.54) is 24.3 Å². The SMILES string of the molecule is Oc1cc(O)c2c(c1)O[C@H](c1ccc(O)c(O)c1)[C@H](O)[C@H]2c1c(O)cc(O)c2c1O[C@H](c1ccc(O)c(O)c1)[C@H](O)[C@H]2c1c(O)cc(O)c2c1O[C@H](c1ccc(O)c(O)c1)[C@H](O)[C@H]2c1c(O)cc(O)c2c1O[C@H](c1ccc(O)c(O)c1)[C@@H](O)C2. The number of phenols is 16. The molecule has 0 saturated carbocycles. The van der Waals surface area contributed by atoms with E-state index < -0.39 is 210 Å². The van der Waals surface area contributed by atoms with Crippen LogP contribution in [-0.2, 0) is 6.42 Å². The minimum absolute atomic E-state index is 0.00111. The summed E-state index contributed by atoms with van der Waals surface area (Å²) in [5.41, 5.74) is -3.20. The van der Waals surface area contributed by atoms with Crippen molar-refractivity contribution in [1.29, 1.82) is 0 Å². The number of rotatable bonds is 7. The van der Waals surface area contributed by atoms with Crippen molar-refractivity contribution in [3.8, 4) is 115 Å². The maximum absolute atomic E-state index is 13.1. The zero-order chi connectivity index (χ0) is 59.8. The molecule has 4 aliphatic rings. The fourth-order valence-electron chi connectivity index (χ4n) is 12.2. The van der Waals surface area contributed by atoms with E-state index in [1.807, 2.05) is 0 Å². The van der Waals surface area contributed by atoms with Crippen molar-refractivity contribution < 1.29 is 121 Å². The summed E-state index contributed by atoms with van der Waals surface area (Å²) < 4.78 is 25.8. The number of phenolic OH excluding ortho intramolecular Hbond substituents is 16. The van der Waals surface area contributed by atoms with Crippen LogP contribution >= 0.6 is 0 Å². The van der Waals surface area contributed by atoms with E-state index in [-0.39, 0.29) is 39.1 Å². The van der Waals surface area contributed by atoms with Crippen LogP contribution in [0, 0.1) is 0 Å². The highest BCUT2D eigenvalue weighted by molar-refractivity contribution is 5.73. The molecule has 8 aromatic rings. The van der Waals surface area contributed by atoms with Crippen LogP contribution in [0.2, 0.25) is 0 Å². The van der Waals surface area contributed by atoms with Crippen LogP contribution in [0.4, 0.5) is 0 Å². The fraction of sp³-hybridized carbons (Fsp3) is 0.200. The summed E-state index contributed by atoms with van der Waals surface area (Å²) in [6, 6.07) is 17.7. The first-order valence-corrected chi connectivity index (χ1v) is 25.7. The summed E-state index contributed by atoms with van der Waals surface area (Å²) in [6.45, 7) is 0. The lowest BCUT2D eigenvalue weighted by Crippen LogP contribution is -2.40. The zero-order valence-electron chi connectivity index (χ0n) is 43.0. The Morgan fingerprint density at radius 1 is 0.274 bits per heavy atom. The number of fused-ring (bicyclic) bond motifs is 4. The highest BCUT2D eigenvalue weighted by atomic mass is 16.5. The van der Waals surface area contributed by atoms with Crippen molar-refractivity contribution in [3.63, 3.8) is 0 Å². The smallest absolute Gasteiger partial charge is 0.157 e. The molecule has 0 aromatic heterocycles. The third kappa shape index (κ3) is 8.44. The van der Waals surface area contributed by atoms with E-state index >= 15 is 0 Å². The lowest BCUT2D eigenvalue weighted by molar-refractivity contribution is -0.00858. The van der Waals surface area contributed by atoms with Crippen LogP contribution in [0.5, 0.6) is 115 Å². The molecular formula is C60H50O24. The van der Waals surface area contributed by atoms with Gasteiger partial charge >= 0.3 is 0 Å². The van der Waals surface area contributed by atoms with E-state index in [4.69, 9.17) is 18.9 Å². The van der Waals surface area contributed by atoms with Gasteiger partial charge in [0.05, 0.1) is 23.9 Å². The van der Waals surface area contributed by atoms with Crippen molar-refractivity contribution in [2.24, 2.45) is 0 Å². The van der Waals surface area contributed by atoms with Crippen LogP contribution in [0.15, 0.2) is 103 Å². The predicted molar refractivity (Wildman–Crippen MR) is 285 cm³/mol. The van der Waals surface area contributed by atoms with E-state index in [2.05, 4.69) is 0 Å². The summed E-state index contributed by atoms with van der Waals surface area (Å²) in [4.78, 5) is 0. The summed E-state index contributed by atoms with van der Waals surface area (Å²) in [5, 5.41) is 229. The number of aliphatic hydroxyl groups excluding tert-OH is 4. The van der Waals surface area contributed by atoms with Crippen LogP contribution in [-0.4, -0.2) is 127 Å². The average Bonchev–Trinajstić information content (AvgIpc) is 1.45. The molecule has 4 aliphatic heterocycles. The van der Waals surface area contributed by atoms with Gasteiger partial charge in [-0.2, -0.15) is 0 Å². The van der Waals surface area contributed by atoms with Crippen LogP contribution < -0.4 is 18.9 Å². The number of aromatic hydroxyl groups is 16. The minimum Gasteiger partial charge on any atom is -0.508 e. The van der Waals surface area contributed by atoms with Crippen molar-refractivity contribution >= 4 is 0 Å². The topological polar surface area (TPSA) is 442 Å². The van der Waals surface area contributed by atoms with Gasteiger partial charge in [0.25, 0.3) is 0 Å². The first-order valence-electron chi connectivity index (χ1n) is 25.7. The lowest BCUT2D eigenvalue weighted by atomic mass is 9.72. The van der Waals surface area contributed by atoms with Gasteiger partial charge in [-0.1, -0.05) is 24.3 Å². The minimum atomic E-state index is -2.15. The highest BCUT2D eigenvalue weighted by Gasteiger charge is 2.53. The molecule has 4 heterocycles. The van der Waals surface area contributed by atoms with Gasteiger partial charge in [-0.15, -0.1) is 0 Å². The number of hydrogen-bond donors (Lipinski definition) is 20. The second-order valence-corrected chi connectivity index (χ2v) is 21.0. The van der Waals surface area contributed by atoms with Gasteiger partial charge in [0.1, 0.15) is 93.4 Å². The summed E-state index contributed by atoms with van der Waals surface area (Å²) in [6.07, 6.45) is -14.8. The Kier molecular flexibility index (Phi) is 12.7. The molecule has 24 nitrogen and oxygen atoms in total. The largest absolute Gasteiger partial charge is 0.508 e. The monoisotopic (exact) mass is 1150 g/mol. The van der Waals surface area contributed by atoms with Gasteiger partial charge < -0.3 is 121 Å². The Morgan fingerprint density at radius 2 is 0.583 bits per heavy atom. The number of ether oxygens (including phenoxy) is 4. The Hall–Kier alpha value is -10.4. The maximum atomic E-state index is 13.1. The summed E-state index contributed by atoms with van der Waals surface area (Å²) >= 11 is 0. The number of hydrogen-bond acceptors (Lipinski definition) is 24. The normalized spacial score (nSPS) is 24.0. The lowest BCUT2D eigenvalue weighted by Gasteiger charge is -2.44. The van der Waals surface area contributed by atoms with Gasteiger partial charge in [0.2, 0.25) is 0 Å². The predicted octanol–water partition coefficient (Wildman–Crippen LogP) is 5.89. The molecule has 84 heavy (non-hydrogen) atoms. The first-order chi connectivity index (χ1) is 39.9. The Bertz CT molecular complexity index is 4030. The van der Waals surface area contributed by atoms with Gasteiger partial charge in [-0.3, -0.25) is 0 Å². The van der Waals surface area contributed by atoms with E-state index in [0.717, 1.165) is 78.9 Å². The Labute approximate surface area is 472 Å². The van der Waals surface area contributed by atoms with Crippen LogP contribution in [0.25, 0.3) is 0 Å². The second kappa shape index (κ2) is 19.7. The van der Waals surface area contributed by atoms with Crippen LogP contribution in [0.3, 0.4) is 0 Å². The molecule has 0 spiro atoms. The fourth-order valence-corrected chi connectivity index (χ4v) is 12.2. The molecule has 0 radical (unpaired) electrons. The first kappa shape index (κ1) is 54.2. The molecule has 20 N–H and O–H groups in total. The summed E-state index contributed by atoms with van der Waals surface area (Å²) in [5.74, 6) is -19.0. The van der Waals surface area contributed by atoms with Gasteiger partial charge in [-0.05, 0) is 70.8 Å². The maximum Gasteiger partial charge on any atom is 0.157 e. The van der Waals surface area contributed by atoms with Crippen molar-refractivity contribution in [2.75, 3.05) is 0 Å². The molecule has 12 rings (SSSR count). The molecule has 434 valence electrons. The van der Waals surface area contributed by atoms with Gasteiger partial charge in [0, 0.05) is 75.7 Å². The summed E-state index contributed by atoms with van der Waals surface area (Å²) in [7, 11) is 0. The Balaban J connectivity index is 1.14. The molecule has 0 unspecified atom stereocenters. The zero-order valence-corrected chi connectivity index (χ0v) is 43.0. The van der Waals surface area contributed by atoms with Crippen LogP contribution in [0.1, 0.15) is 103 Å². The third-order valence-electron chi connectivity index (χ3n) is 16.0. The van der Waals surface area contributed by atoms with Gasteiger partial charge in [0.15, 0.2) is 64.3 Å². The van der Waals surface area contributed by atoms with E-state index in [1.54, 1.807) is 0 Å². The third-order valence-corrected chi connectivity index (χ3v) is 16.0. The number of benzene rings is 8. The standard InChI is InChI=1S/C60H50O24/c61-23-13-34(71)42-41(14-23)81-55(20-2-6-26(63)31(68)10-20)51(78)48(42)44-36(73)17-38(75)46-50(53(80)57(83-59(44)46)22-4-8-28(65)33(70)12-22)47-39(76)18-37(74)45-49(52(79)56(84-60(45)47)21-3-7-27(64)32(69)11-21)43-35(72)16-29(66)24-15-40(77)54(82-58(24)43)19-1-5-25(62)30(67)9-19/h1-14,16-18,40,48-57,61-80H,15H2/t40-,48+,49-,50+,51+,52+,53+,54+,55+,56+,57+/m0/s1. The van der Waals surface area contributed by atoms with Crippen molar-refractivity contribution in [2.45, 2.75) is 73.0 Å². The highest BCUT2D eigenvalue weighted by Crippen LogP contribution is 2.65. The second-order valence-electron chi connectivity index (χ2n) is 21.0. The molecule has 0 fully saturated rings. The molecule has 24 heteroatoms. The van der Waals surface area contributed by atoms with Gasteiger partial charge in [-0.25, -0.2) is 0 Å². The van der Waals surface area contributed by atoms with E-state index in [9.17, 15) is 102 Å². The van der Waals surface area contributed by atoms with E-state index in [0.29, 0.717) is 0 Å². The molecule has 8 aromatic carbocycles. The van der Waals surface area contributed by atoms with Crippen molar-refractivity contribution in [1.82, 2.24) is 0 Å². The molecule has 0 aliphatic carbocycles. The molecular weight excluding hydrogens is 1100 g/mol. The molecule has 0 saturated heterocycles. The number of aliphatic hydroxyl groups is 4. The molecule has 11 atom stereocenters. The molecule has 0 bridgehead atoms. The van der Waals surface area contributed by atoms with Crippen molar-refractivity contribution in [3.05, 3.63) is 164 Å². The molecule has 0 amide bonds. The quantitative estimate of drug-likeness (QED) is 0.0827. The average molecular weight is 1160 g/mol.